The number of hydrogen-bond donors (Lipinski definition) is 2. The maximum absolute atomic E-state index is 8.62. The van der Waals surface area contributed by atoms with Gasteiger partial charge >= 0.3 is 0 Å². The number of benzene rings is 1. The zero-order chi connectivity index (χ0) is 13.8. The van der Waals surface area contributed by atoms with Gasteiger partial charge in [-0.2, -0.15) is 0 Å². The van der Waals surface area contributed by atoms with Crippen molar-refractivity contribution in [2.24, 2.45) is 10.9 Å². The van der Waals surface area contributed by atoms with Gasteiger partial charge in [-0.25, -0.2) is 4.98 Å². The molecule has 0 fully saturated rings. The number of rotatable bonds is 4. The summed E-state index contributed by atoms with van der Waals surface area (Å²) in [5, 5.41) is 14.6. The maximum Gasteiger partial charge on any atom is 0.189 e. The molecule has 2 aromatic rings. The summed E-state index contributed by atoms with van der Waals surface area (Å²) in [6.07, 6.45) is 0.937. The summed E-state index contributed by atoms with van der Waals surface area (Å²) in [4.78, 5) is 6.55. The second-order valence-electron chi connectivity index (χ2n) is 4.07. The first kappa shape index (κ1) is 13.4. The third kappa shape index (κ3) is 2.85. The molecule has 3 N–H and O–H groups in total. The van der Waals surface area contributed by atoms with Crippen LogP contribution in [0.1, 0.15) is 18.2 Å². The average Bonchev–Trinajstić information content (AvgIpc) is 2.94. The number of hydrogen-bond acceptors (Lipinski definition) is 5. The Bertz CT molecular complexity index is 577. The van der Waals surface area contributed by atoms with Gasteiger partial charge in [-0.1, -0.05) is 12.1 Å². The van der Waals surface area contributed by atoms with Gasteiger partial charge in [0.15, 0.2) is 11.0 Å². The van der Waals surface area contributed by atoms with Gasteiger partial charge in [0.1, 0.15) is 0 Å². The number of anilines is 2. The molecule has 2 rings (SSSR count). The van der Waals surface area contributed by atoms with Crippen molar-refractivity contribution < 1.29 is 5.21 Å². The number of nitrogens with two attached hydrogens (primary N) is 1. The molecule has 0 saturated carbocycles. The van der Waals surface area contributed by atoms with Gasteiger partial charge in [0.2, 0.25) is 0 Å². The summed E-state index contributed by atoms with van der Waals surface area (Å²) >= 11 is 1.62. The van der Waals surface area contributed by atoms with Gasteiger partial charge in [-0.15, -0.1) is 11.3 Å². The first-order chi connectivity index (χ1) is 9.15. The molecular weight excluding hydrogens is 260 g/mol. The molecule has 0 amide bonds. The summed E-state index contributed by atoms with van der Waals surface area (Å²) < 4.78 is 0. The van der Waals surface area contributed by atoms with Gasteiger partial charge in [0, 0.05) is 23.7 Å². The lowest BCUT2D eigenvalue weighted by molar-refractivity contribution is 0.318. The van der Waals surface area contributed by atoms with E-state index in [0.29, 0.717) is 5.56 Å². The molecule has 0 aliphatic rings. The molecule has 1 heterocycles. The minimum absolute atomic E-state index is 0.108. The second kappa shape index (κ2) is 5.71. The summed E-state index contributed by atoms with van der Waals surface area (Å²) in [6, 6.07) is 7.46. The van der Waals surface area contributed by atoms with Crippen LogP contribution < -0.4 is 10.6 Å². The van der Waals surface area contributed by atoms with Crippen molar-refractivity contribution in [2.45, 2.75) is 13.3 Å². The molecule has 0 radical (unpaired) electrons. The number of thiazole rings is 1. The van der Waals surface area contributed by atoms with Crippen LogP contribution in [0.5, 0.6) is 0 Å². The first-order valence-electron chi connectivity index (χ1n) is 5.91. The van der Waals surface area contributed by atoms with Crippen LogP contribution >= 0.6 is 11.3 Å². The summed E-state index contributed by atoms with van der Waals surface area (Å²) in [6.45, 7) is 2.09. The first-order valence-corrected chi connectivity index (χ1v) is 6.79. The fourth-order valence-electron chi connectivity index (χ4n) is 1.64. The molecular formula is C13H16N4OS. The Morgan fingerprint density at radius 2 is 2.11 bits per heavy atom. The molecule has 5 nitrogen and oxygen atoms in total. The number of oxime groups is 1. The van der Waals surface area contributed by atoms with Crippen LogP contribution in [-0.4, -0.2) is 23.1 Å². The van der Waals surface area contributed by atoms with Crippen molar-refractivity contribution in [1.82, 2.24) is 4.98 Å². The molecule has 1 aromatic carbocycles. The third-order valence-corrected chi connectivity index (χ3v) is 3.81. The number of aromatic nitrogens is 1. The fourth-order valence-corrected chi connectivity index (χ4v) is 2.53. The van der Waals surface area contributed by atoms with Crippen LogP contribution in [0.15, 0.2) is 34.8 Å². The molecule has 6 heteroatoms. The molecule has 0 aliphatic carbocycles. The molecule has 1 aromatic heterocycles. The molecule has 19 heavy (non-hydrogen) atoms. The lowest BCUT2D eigenvalue weighted by Crippen LogP contribution is -2.14. The van der Waals surface area contributed by atoms with Crippen LogP contribution in [-0.2, 0) is 6.42 Å². The van der Waals surface area contributed by atoms with E-state index in [1.54, 1.807) is 11.3 Å². The monoisotopic (exact) mass is 276 g/mol. The largest absolute Gasteiger partial charge is 0.409 e. The second-order valence-corrected chi connectivity index (χ2v) is 4.90. The summed E-state index contributed by atoms with van der Waals surface area (Å²) in [5.41, 5.74) is 8.32. The van der Waals surface area contributed by atoms with Crippen molar-refractivity contribution in [3.63, 3.8) is 0 Å². The van der Waals surface area contributed by atoms with Gasteiger partial charge in [0.25, 0.3) is 0 Å². The Morgan fingerprint density at radius 1 is 1.42 bits per heavy atom. The molecule has 0 saturated heterocycles. The summed E-state index contributed by atoms with van der Waals surface area (Å²) in [5.74, 6) is 0.108. The van der Waals surface area contributed by atoms with Crippen LogP contribution in [0.2, 0.25) is 0 Å². The Morgan fingerprint density at radius 3 is 2.63 bits per heavy atom. The maximum atomic E-state index is 8.62. The van der Waals surface area contributed by atoms with Crippen molar-refractivity contribution in [2.75, 3.05) is 11.9 Å². The van der Waals surface area contributed by atoms with Crippen molar-refractivity contribution in [3.8, 4) is 0 Å². The zero-order valence-corrected chi connectivity index (χ0v) is 11.7. The SMILES string of the molecule is CCc1csc(N(C)c2ccc(C(N)=NO)cc2)n1. The van der Waals surface area contributed by atoms with Crippen LogP contribution in [0.3, 0.4) is 0 Å². The highest BCUT2D eigenvalue weighted by Crippen LogP contribution is 2.27. The van der Waals surface area contributed by atoms with E-state index in [9.17, 15) is 0 Å². The number of nitrogens with zero attached hydrogens (tertiary/aromatic N) is 3. The minimum atomic E-state index is 0.108. The summed E-state index contributed by atoms with van der Waals surface area (Å²) in [7, 11) is 1.97. The number of aryl methyl sites for hydroxylation is 1. The zero-order valence-electron chi connectivity index (χ0n) is 10.9. The molecule has 0 aliphatic heterocycles. The van der Waals surface area contributed by atoms with Crippen molar-refractivity contribution in [1.29, 1.82) is 0 Å². The van der Waals surface area contributed by atoms with Crippen LogP contribution in [0, 0.1) is 0 Å². The Kier molecular flexibility index (Phi) is 4.01. The molecule has 0 spiro atoms. The normalized spacial score (nSPS) is 11.6. The predicted molar refractivity (Wildman–Crippen MR) is 78.5 cm³/mol. The van der Waals surface area contributed by atoms with E-state index < -0.39 is 0 Å². The van der Waals surface area contributed by atoms with Gasteiger partial charge in [-0.05, 0) is 30.7 Å². The van der Waals surface area contributed by atoms with Gasteiger partial charge < -0.3 is 15.8 Å². The molecule has 0 unspecified atom stereocenters. The molecule has 100 valence electrons. The number of amidine groups is 1. The van der Waals surface area contributed by atoms with E-state index in [1.165, 1.54) is 0 Å². The topological polar surface area (TPSA) is 74.7 Å². The Balaban J connectivity index is 2.22. The molecule has 0 atom stereocenters. The Hall–Kier alpha value is -2.08. The van der Waals surface area contributed by atoms with E-state index >= 15 is 0 Å². The highest BCUT2D eigenvalue weighted by atomic mass is 32.1. The standard InChI is InChI=1S/C13H16N4OS/c1-3-10-8-19-13(15-10)17(2)11-6-4-9(5-7-11)12(14)16-18/h4-8,18H,3H2,1-2H3,(H2,14,16). The van der Waals surface area contributed by atoms with E-state index in [4.69, 9.17) is 10.9 Å². The van der Waals surface area contributed by atoms with Crippen molar-refractivity contribution >= 4 is 28.0 Å². The van der Waals surface area contributed by atoms with Gasteiger partial charge in [0.05, 0.1) is 5.69 Å². The van der Waals surface area contributed by atoms with Crippen LogP contribution in [0.4, 0.5) is 10.8 Å². The average molecular weight is 276 g/mol. The van der Waals surface area contributed by atoms with E-state index in [0.717, 1.165) is 22.9 Å². The van der Waals surface area contributed by atoms with Gasteiger partial charge in [-0.3, -0.25) is 0 Å². The fraction of sp³-hybridized carbons (Fsp3) is 0.231. The lowest BCUT2D eigenvalue weighted by Gasteiger charge is -2.16. The highest BCUT2D eigenvalue weighted by Gasteiger charge is 2.09. The minimum Gasteiger partial charge on any atom is -0.409 e. The molecule has 0 bridgehead atoms. The van der Waals surface area contributed by atoms with Crippen molar-refractivity contribution in [3.05, 3.63) is 40.9 Å². The Labute approximate surface area is 116 Å². The van der Waals surface area contributed by atoms with E-state index in [2.05, 4.69) is 22.4 Å². The lowest BCUT2D eigenvalue weighted by atomic mass is 10.2. The third-order valence-electron chi connectivity index (χ3n) is 2.85. The predicted octanol–water partition coefficient (Wildman–Crippen LogP) is 2.57. The highest BCUT2D eigenvalue weighted by molar-refractivity contribution is 7.13. The smallest absolute Gasteiger partial charge is 0.189 e. The quantitative estimate of drug-likeness (QED) is 0.389. The van der Waals surface area contributed by atoms with E-state index in [-0.39, 0.29) is 5.84 Å². The van der Waals surface area contributed by atoms with E-state index in [1.807, 2.05) is 36.2 Å². The van der Waals surface area contributed by atoms with Crippen LogP contribution in [0.25, 0.3) is 0 Å².